The number of fused-ring (bicyclic) bond motifs is 1. The van der Waals surface area contributed by atoms with Crippen molar-refractivity contribution in [3.05, 3.63) is 41.3 Å². The zero-order valence-corrected chi connectivity index (χ0v) is 18.2. The molecule has 0 atom stereocenters. The quantitative estimate of drug-likeness (QED) is 0.401. The number of nitrogens with zero attached hydrogens (tertiary/aromatic N) is 5. The first-order valence-electron chi connectivity index (χ1n) is 7.94. The van der Waals surface area contributed by atoms with Crippen LogP contribution in [0.2, 0.25) is 5.02 Å². The van der Waals surface area contributed by atoms with E-state index in [2.05, 4.69) is 20.4 Å². The number of benzene rings is 1. The minimum Gasteiger partial charge on any atom is -0.350 e. The number of imidazole rings is 1. The number of carbonyl (C=O) groups is 2. The van der Waals surface area contributed by atoms with Gasteiger partial charge in [0.15, 0.2) is 11.5 Å². The SMILES string of the molecule is Cl.Cl.NCC(=O)Nc1ccc(-c2cncn2-c2nn(C(N)=O)c3ncsc23)c(Cl)c1. The van der Waals surface area contributed by atoms with Gasteiger partial charge in [0.25, 0.3) is 0 Å². The highest BCUT2D eigenvalue weighted by molar-refractivity contribution is 7.17. The van der Waals surface area contributed by atoms with E-state index in [0.717, 1.165) is 4.68 Å². The molecule has 0 unspecified atom stereocenters. The zero-order valence-electron chi connectivity index (χ0n) is 15.0. The van der Waals surface area contributed by atoms with Gasteiger partial charge >= 0.3 is 6.03 Å². The number of thiazole rings is 1. The summed E-state index contributed by atoms with van der Waals surface area (Å²) in [7, 11) is 0. The van der Waals surface area contributed by atoms with Crippen LogP contribution in [0.4, 0.5) is 10.5 Å². The lowest BCUT2D eigenvalue weighted by Crippen LogP contribution is -2.21. The van der Waals surface area contributed by atoms with Gasteiger partial charge in [0.2, 0.25) is 5.91 Å². The number of hydrogen-bond acceptors (Lipinski definition) is 7. The molecule has 0 bridgehead atoms. The van der Waals surface area contributed by atoms with Crippen LogP contribution in [0.5, 0.6) is 0 Å². The fraction of sp³-hybridized carbons (Fsp3) is 0.0625. The number of amides is 2. The van der Waals surface area contributed by atoms with Crippen LogP contribution in [0.1, 0.15) is 0 Å². The van der Waals surface area contributed by atoms with E-state index in [0.29, 0.717) is 38.1 Å². The number of halogens is 3. The van der Waals surface area contributed by atoms with Crippen LogP contribution in [-0.2, 0) is 4.79 Å². The van der Waals surface area contributed by atoms with E-state index in [1.165, 1.54) is 11.3 Å². The average Bonchev–Trinajstić information content (AvgIpc) is 3.37. The summed E-state index contributed by atoms with van der Waals surface area (Å²) < 4.78 is 3.41. The highest BCUT2D eigenvalue weighted by Crippen LogP contribution is 2.33. The average molecular weight is 490 g/mol. The first-order chi connectivity index (χ1) is 13.5. The maximum absolute atomic E-state index is 11.7. The van der Waals surface area contributed by atoms with Crippen LogP contribution in [0.25, 0.3) is 27.4 Å². The standard InChI is InChI=1S/C16H13ClN8O2S.2ClH/c17-10-3-8(22-12(26)4-18)1-2-9(10)11-5-20-6-24(11)15-13-14(21-7-28-13)25(23-15)16(19)27;;/h1-3,5-7H,4,18H2,(H2,19,27)(H,22,26);2*1H. The fourth-order valence-electron chi connectivity index (χ4n) is 2.72. The maximum atomic E-state index is 11.7. The van der Waals surface area contributed by atoms with Gasteiger partial charge in [-0.1, -0.05) is 11.6 Å². The second-order valence-corrected chi connectivity index (χ2v) is 6.94. The number of nitrogens with one attached hydrogen (secondary N) is 1. The molecule has 0 aliphatic rings. The van der Waals surface area contributed by atoms with Gasteiger partial charge in [0.05, 0.1) is 29.0 Å². The van der Waals surface area contributed by atoms with Crippen molar-refractivity contribution in [3.8, 4) is 17.1 Å². The van der Waals surface area contributed by atoms with E-state index in [-0.39, 0.29) is 37.3 Å². The minimum atomic E-state index is -0.734. The monoisotopic (exact) mass is 488 g/mol. The molecule has 0 aliphatic carbocycles. The first kappa shape index (κ1) is 23.6. The Kier molecular flexibility index (Phi) is 7.39. The summed E-state index contributed by atoms with van der Waals surface area (Å²) in [4.78, 5) is 31.4. The molecule has 14 heteroatoms. The Balaban J connectivity index is 0.00000160. The van der Waals surface area contributed by atoms with Crippen molar-refractivity contribution in [2.45, 2.75) is 0 Å². The predicted octanol–water partition coefficient (Wildman–Crippen LogP) is 2.67. The Labute approximate surface area is 191 Å². The summed E-state index contributed by atoms with van der Waals surface area (Å²) in [6.07, 6.45) is 3.18. The summed E-state index contributed by atoms with van der Waals surface area (Å²) >= 11 is 7.75. The molecule has 3 heterocycles. The zero-order chi connectivity index (χ0) is 19.8. The van der Waals surface area contributed by atoms with Crippen molar-refractivity contribution in [3.63, 3.8) is 0 Å². The van der Waals surface area contributed by atoms with Crippen LogP contribution in [0.15, 0.2) is 36.2 Å². The van der Waals surface area contributed by atoms with Crippen molar-refractivity contribution in [1.82, 2.24) is 24.3 Å². The van der Waals surface area contributed by atoms with Crippen molar-refractivity contribution >= 4 is 75.7 Å². The molecule has 30 heavy (non-hydrogen) atoms. The summed E-state index contributed by atoms with van der Waals surface area (Å²) in [5.74, 6) is 0.138. The fourth-order valence-corrected chi connectivity index (χ4v) is 3.74. The number of anilines is 1. The Bertz CT molecular complexity index is 1220. The third-order valence-electron chi connectivity index (χ3n) is 3.94. The molecule has 0 saturated heterocycles. The summed E-state index contributed by atoms with van der Waals surface area (Å²) in [6.45, 7) is -0.125. The minimum absolute atomic E-state index is 0. The molecule has 0 aliphatic heterocycles. The van der Waals surface area contributed by atoms with Gasteiger partial charge in [-0.25, -0.2) is 14.8 Å². The lowest BCUT2D eigenvalue weighted by Gasteiger charge is -2.10. The van der Waals surface area contributed by atoms with Gasteiger partial charge in [-0.05, 0) is 18.2 Å². The molecule has 4 aromatic rings. The van der Waals surface area contributed by atoms with Crippen molar-refractivity contribution in [2.24, 2.45) is 11.5 Å². The Morgan fingerprint density at radius 3 is 2.70 bits per heavy atom. The summed E-state index contributed by atoms with van der Waals surface area (Å²) in [5, 5.41) is 7.31. The lowest BCUT2D eigenvalue weighted by molar-refractivity contribution is -0.114. The van der Waals surface area contributed by atoms with Crippen molar-refractivity contribution in [1.29, 1.82) is 0 Å². The van der Waals surface area contributed by atoms with Gasteiger partial charge in [-0.2, -0.15) is 4.68 Å². The molecule has 0 radical (unpaired) electrons. The molecule has 1 aromatic carbocycles. The first-order valence-corrected chi connectivity index (χ1v) is 9.20. The van der Waals surface area contributed by atoms with Gasteiger partial charge in [0.1, 0.15) is 11.0 Å². The van der Waals surface area contributed by atoms with Crippen LogP contribution >= 0.6 is 47.8 Å². The smallest absolute Gasteiger partial charge is 0.341 e. The second-order valence-electron chi connectivity index (χ2n) is 5.67. The van der Waals surface area contributed by atoms with Gasteiger partial charge in [-0.3, -0.25) is 9.36 Å². The van der Waals surface area contributed by atoms with E-state index < -0.39 is 6.03 Å². The predicted molar refractivity (Wildman–Crippen MR) is 120 cm³/mol. The number of nitrogens with two attached hydrogens (primary N) is 2. The lowest BCUT2D eigenvalue weighted by atomic mass is 10.1. The highest BCUT2D eigenvalue weighted by atomic mass is 35.5. The number of primary amides is 1. The van der Waals surface area contributed by atoms with E-state index in [1.54, 1.807) is 40.8 Å². The molecule has 10 nitrogen and oxygen atoms in total. The second kappa shape index (κ2) is 9.41. The van der Waals surface area contributed by atoms with Gasteiger partial charge in [0, 0.05) is 11.3 Å². The Morgan fingerprint density at radius 2 is 2.03 bits per heavy atom. The topological polar surface area (TPSA) is 147 Å². The molecular weight excluding hydrogens is 475 g/mol. The van der Waals surface area contributed by atoms with E-state index in [4.69, 9.17) is 23.1 Å². The number of hydrogen-bond donors (Lipinski definition) is 3. The summed E-state index contributed by atoms with van der Waals surface area (Å²) in [5.41, 5.74) is 14.5. The van der Waals surface area contributed by atoms with Gasteiger partial charge in [-0.15, -0.1) is 41.2 Å². The van der Waals surface area contributed by atoms with E-state index >= 15 is 0 Å². The summed E-state index contributed by atoms with van der Waals surface area (Å²) in [6, 6.07) is 4.33. The maximum Gasteiger partial charge on any atom is 0.341 e. The number of carbonyl (C=O) groups excluding carboxylic acids is 2. The van der Waals surface area contributed by atoms with Crippen molar-refractivity contribution < 1.29 is 9.59 Å². The molecule has 3 aromatic heterocycles. The highest BCUT2D eigenvalue weighted by Gasteiger charge is 2.21. The molecule has 0 spiro atoms. The Morgan fingerprint density at radius 1 is 1.27 bits per heavy atom. The third-order valence-corrected chi connectivity index (χ3v) is 5.06. The van der Waals surface area contributed by atoms with E-state index in [1.807, 2.05) is 0 Å². The van der Waals surface area contributed by atoms with Crippen LogP contribution in [-0.4, -0.2) is 42.8 Å². The Hall–Kier alpha value is -2.70. The molecule has 4 rings (SSSR count). The largest absolute Gasteiger partial charge is 0.350 e. The number of rotatable bonds is 4. The molecular formula is C16H15Cl3N8O2S. The molecule has 158 valence electrons. The molecule has 0 saturated carbocycles. The van der Waals surface area contributed by atoms with Crippen LogP contribution < -0.4 is 16.8 Å². The van der Waals surface area contributed by atoms with E-state index in [9.17, 15) is 9.59 Å². The van der Waals surface area contributed by atoms with Gasteiger partial charge < -0.3 is 16.8 Å². The number of aromatic nitrogens is 5. The molecule has 0 fully saturated rings. The normalized spacial score (nSPS) is 10.3. The van der Waals surface area contributed by atoms with Crippen molar-refractivity contribution in [2.75, 3.05) is 11.9 Å². The van der Waals surface area contributed by atoms with Crippen LogP contribution in [0.3, 0.4) is 0 Å². The molecule has 2 amide bonds. The van der Waals surface area contributed by atoms with Crippen LogP contribution in [0, 0.1) is 0 Å². The third kappa shape index (κ3) is 4.11. The molecule has 5 N–H and O–H groups in total.